The Bertz CT molecular complexity index is 1330. The Morgan fingerprint density at radius 3 is 2.24 bits per heavy atom. The summed E-state index contributed by atoms with van der Waals surface area (Å²) >= 11 is 0. The molecule has 2 aromatic rings. The van der Waals surface area contributed by atoms with Gasteiger partial charge in [-0.3, -0.25) is 4.79 Å². The lowest BCUT2D eigenvalue weighted by Crippen LogP contribution is -2.51. The lowest BCUT2D eigenvalue weighted by atomic mass is 10.1. The second kappa shape index (κ2) is 11.6. The summed E-state index contributed by atoms with van der Waals surface area (Å²) in [6.07, 6.45) is 0.858. The highest BCUT2D eigenvalue weighted by Gasteiger charge is 2.40. The zero-order valence-electron chi connectivity index (χ0n) is 21.1. The summed E-state index contributed by atoms with van der Waals surface area (Å²) in [5.41, 5.74) is 1.51. The number of amides is 1. The van der Waals surface area contributed by atoms with Crippen molar-refractivity contribution in [2.24, 2.45) is 0 Å². The van der Waals surface area contributed by atoms with Crippen molar-refractivity contribution in [3.05, 3.63) is 59.7 Å². The molecule has 1 heterocycles. The van der Waals surface area contributed by atoms with E-state index in [0.29, 0.717) is 18.4 Å². The lowest BCUT2D eigenvalue weighted by molar-refractivity contribution is -0.145. The van der Waals surface area contributed by atoms with Crippen LogP contribution in [0.25, 0.3) is 0 Å². The average molecular weight is 554 g/mol. The minimum Gasteiger partial charge on any atom is -0.467 e. The SMILES string of the molecule is COC(=O)[C@H](Cc1ccc(OS(=O)(=O)N(C)C)cc1)NC(=O)[C@@H]1CCCN1S(=O)(=O)c1ccc(C)cc1. The van der Waals surface area contributed by atoms with Crippen molar-refractivity contribution < 1.29 is 35.3 Å². The van der Waals surface area contributed by atoms with Gasteiger partial charge in [-0.15, -0.1) is 0 Å². The molecule has 0 radical (unpaired) electrons. The molecular formula is C24H31N3O8S2. The summed E-state index contributed by atoms with van der Waals surface area (Å²) in [6.45, 7) is 2.04. The number of carbonyl (C=O) groups is 2. The maximum Gasteiger partial charge on any atom is 0.384 e. The number of hydrogen-bond donors (Lipinski definition) is 1. The zero-order valence-corrected chi connectivity index (χ0v) is 22.7. The van der Waals surface area contributed by atoms with Crippen LogP contribution >= 0.6 is 0 Å². The van der Waals surface area contributed by atoms with Crippen LogP contribution in [0.5, 0.6) is 5.75 Å². The molecule has 0 aliphatic carbocycles. The fourth-order valence-corrected chi connectivity index (χ4v) is 6.01. The van der Waals surface area contributed by atoms with E-state index < -0.39 is 44.3 Å². The topological polar surface area (TPSA) is 139 Å². The Morgan fingerprint density at radius 1 is 1.05 bits per heavy atom. The predicted molar refractivity (Wildman–Crippen MR) is 135 cm³/mol. The molecule has 2 atom stereocenters. The summed E-state index contributed by atoms with van der Waals surface area (Å²) in [5, 5.41) is 2.64. The van der Waals surface area contributed by atoms with Crippen LogP contribution in [0.1, 0.15) is 24.0 Å². The van der Waals surface area contributed by atoms with E-state index >= 15 is 0 Å². The summed E-state index contributed by atoms with van der Waals surface area (Å²) < 4.78 is 62.1. The number of ether oxygens (including phenoxy) is 1. The second-order valence-electron chi connectivity index (χ2n) is 8.84. The lowest BCUT2D eigenvalue weighted by Gasteiger charge is -2.25. The van der Waals surface area contributed by atoms with E-state index in [1.807, 2.05) is 6.92 Å². The largest absolute Gasteiger partial charge is 0.467 e. The molecule has 0 aromatic heterocycles. The average Bonchev–Trinajstić information content (AvgIpc) is 3.35. The van der Waals surface area contributed by atoms with Gasteiger partial charge in [0.15, 0.2) is 0 Å². The van der Waals surface area contributed by atoms with E-state index in [-0.39, 0.29) is 23.6 Å². The first kappa shape index (κ1) is 28.6. The summed E-state index contributed by atoms with van der Waals surface area (Å²) in [7, 11) is -3.96. The molecule has 1 fully saturated rings. The zero-order chi connectivity index (χ0) is 27.4. The number of aryl methyl sites for hydroxylation is 1. The van der Waals surface area contributed by atoms with Gasteiger partial charge in [-0.1, -0.05) is 29.8 Å². The molecule has 13 heteroatoms. The predicted octanol–water partition coefficient (Wildman–Crippen LogP) is 1.23. The highest BCUT2D eigenvalue weighted by Crippen LogP contribution is 2.27. The first-order valence-corrected chi connectivity index (χ1v) is 14.3. The third kappa shape index (κ3) is 6.86. The highest BCUT2D eigenvalue weighted by molar-refractivity contribution is 7.89. The van der Waals surface area contributed by atoms with Crippen molar-refractivity contribution in [3.8, 4) is 5.75 Å². The molecule has 0 spiro atoms. The van der Waals surface area contributed by atoms with E-state index in [0.717, 1.165) is 9.87 Å². The quantitative estimate of drug-likeness (QED) is 0.434. The molecule has 0 saturated carbocycles. The monoisotopic (exact) mass is 553 g/mol. The maximum absolute atomic E-state index is 13.2. The first-order chi connectivity index (χ1) is 17.3. The van der Waals surface area contributed by atoms with Crippen molar-refractivity contribution in [2.75, 3.05) is 27.7 Å². The molecule has 1 saturated heterocycles. The van der Waals surface area contributed by atoms with Crippen LogP contribution in [0.2, 0.25) is 0 Å². The molecule has 1 aliphatic rings. The van der Waals surface area contributed by atoms with Crippen LogP contribution in [0.3, 0.4) is 0 Å². The maximum atomic E-state index is 13.2. The summed E-state index contributed by atoms with van der Waals surface area (Å²) in [6, 6.07) is 10.3. The number of carbonyl (C=O) groups excluding carboxylic acids is 2. The van der Waals surface area contributed by atoms with E-state index in [9.17, 15) is 26.4 Å². The fraction of sp³-hybridized carbons (Fsp3) is 0.417. The van der Waals surface area contributed by atoms with Gasteiger partial charge in [-0.2, -0.15) is 17.0 Å². The van der Waals surface area contributed by atoms with Gasteiger partial charge in [-0.25, -0.2) is 13.2 Å². The third-order valence-electron chi connectivity index (χ3n) is 5.95. The molecule has 37 heavy (non-hydrogen) atoms. The number of esters is 1. The Hall–Kier alpha value is -3.00. The van der Waals surface area contributed by atoms with Crippen LogP contribution in [-0.2, 0) is 41.1 Å². The number of nitrogens with zero attached hydrogens (tertiary/aromatic N) is 2. The normalized spacial score (nSPS) is 17.4. The van der Waals surface area contributed by atoms with Crippen LogP contribution in [0.15, 0.2) is 53.4 Å². The van der Waals surface area contributed by atoms with E-state index in [4.69, 9.17) is 8.92 Å². The summed E-state index contributed by atoms with van der Waals surface area (Å²) in [5.74, 6) is -1.21. The van der Waals surface area contributed by atoms with Crippen molar-refractivity contribution >= 4 is 32.2 Å². The van der Waals surface area contributed by atoms with Crippen molar-refractivity contribution in [1.29, 1.82) is 0 Å². The van der Waals surface area contributed by atoms with Crippen molar-refractivity contribution in [2.45, 2.75) is 43.2 Å². The standard InChI is InChI=1S/C24H31N3O8S2/c1-17-7-13-20(14-8-17)36(30,31)27-15-5-6-22(27)23(28)25-21(24(29)34-4)16-18-9-11-19(12-10-18)35-37(32,33)26(2)3/h7-14,21-22H,5-6,15-16H2,1-4H3,(H,25,28)/t21-,22-/m0/s1. The van der Waals surface area contributed by atoms with Crippen molar-refractivity contribution in [1.82, 2.24) is 13.9 Å². The van der Waals surface area contributed by atoms with Gasteiger partial charge in [-0.05, 0) is 49.6 Å². The minimum atomic E-state index is -3.92. The Morgan fingerprint density at radius 2 is 1.68 bits per heavy atom. The Labute approximate surface area is 217 Å². The highest BCUT2D eigenvalue weighted by atomic mass is 32.2. The van der Waals surface area contributed by atoms with Gasteiger partial charge in [0.25, 0.3) is 0 Å². The smallest absolute Gasteiger partial charge is 0.384 e. The molecule has 1 aliphatic heterocycles. The number of methoxy groups -OCH3 is 1. The summed E-state index contributed by atoms with van der Waals surface area (Å²) in [4.78, 5) is 25.7. The molecule has 1 N–H and O–H groups in total. The number of nitrogens with one attached hydrogen (secondary N) is 1. The van der Waals surface area contributed by atoms with Gasteiger partial charge in [0.2, 0.25) is 15.9 Å². The van der Waals surface area contributed by atoms with Crippen molar-refractivity contribution in [3.63, 3.8) is 0 Å². The molecule has 1 amide bonds. The molecule has 2 aromatic carbocycles. The molecule has 0 bridgehead atoms. The van der Waals surface area contributed by atoms with Crippen LogP contribution in [0, 0.1) is 6.92 Å². The van der Waals surface area contributed by atoms with Gasteiger partial charge < -0.3 is 14.2 Å². The molecule has 11 nitrogen and oxygen atoms in total. The minimum absolute atomic E-state index is 0.0383. The van der Waals surface area contributed by atoms with Crippen LogP contribution in [-0.4, -0.2) is 77.2 Å². The fourth-order valence-electron chi connectivity index (χ4n) is 3.85. The van der Waals surface area contributed by atoms with Gasteiger partial charge in [0.1, 0.15) is 17.8 Å². The van der Waals surface area contributed by atoms with Crippen LogP contribution in [0.4, 0.5) is 0 Å². The first-order valence-electron chi connectivity index (χ1n) is 11.5. The van der Waals surface area contributed by atoms with Gasteiger partial charge in [0.05, 0.1) is 12.0 Å². The molecule has 3 rings (SSSR count). The van der Waals surface area contributed by atoms with Gasteiger partial charge >= 0.3 is 16.3 Å². The number of hydrogen-bond acceptors (Lipinski definition) is 8. The Kier molecular flexibility index (Phi) is 8.95. The van der Waals surface area contributed by atoms with E-state index in [2.05, 4.69) is 5.32 Å². The van der Waals surface area contributed by atoms with E-state index in [1.54, 1.807) is 24.3 Å². The molecular weight excluding hydrogens is 522 g/mol. The Balaban J connectivity index is 1.74. The second-order valence-corrected chi connectivity index (χ2v) is 12.5. The van der Waals surface area contributed by atoms with E-state index in [1.165, 1.54) is 49.8 Å². The van der Waals surface area contributed by atoms with Gasteiger partial charge in [0, 0.05) is 27.1 Å². The van der Waals surface area contributed by atoms with Crippen LogP contribution < -0.4 is 9.50 Å². The molecule has 0 unspecified atom stereocenters. The molecule has 202 valence electrons. The number of sulfonamides is 1. The number of benzene rings is 2. The number of rotatable bonds is 10. The third-order valence-corrected chi connectivity index (χ3v) is 9.17.